The van der Waals surface area contributed by atoms with Crippen molar-refractivity contribution >= 4 is 5.57 Å². The van der Waals surface area contributed by atoms with Crippen LogP contribution in [0.3, 0.4) is 0 Å². The molecule has 0 radical (unpaired) electrons. The molecule has 0 aromatic carbocycles. The molecule has 1 aromatic rings. The molecule has 0 spiro atoms. The zero-order chi connectivity index (χ0) is 9.38. The second-order valence-electron chi connectivity index (χ2n) is 4.13. The molecule has 0 aliphatic carbocycles. The van der Waals surface area contributed by atoms with E-state index in [-0.39, 0.29) is 0 Å². The number of fused-ring (bicyclic) bond motifs is 2. The summed E-state index contributed by atoms with van der Waals surface area (Å²) in [6.07, 6.45) is 9.97. The molecule has 0 saturated carbocycles. The summed E-state index contributed by atoms with van der Waals surface area (Å²) >= 11 is 0. The predicted molar refractivity (Wildman–Crippen MR) is 56.8 cm³/mol. The van der Waals surface area contributed by atoms with E-state index >= 15 is 0 Å². The Labute approximate surface area is 84.1 Å². The van der Waals surface area contributed by atoms with Crippen molar-refractivity contribution in [1.82, 2.24) is 10.3 Å². The maximum Gasteiger partial charge on any atom is 0.0343 e. The maximum absolute atomic E-state index is 4.17. The van der Waals surface area contributed by atoms with Crippen molar-refractivity contribution in [1.29, 1.82) is 0 Å². The van der Waals surface area contributed by atoms with E-state index in [1.807, 2.05) is 18.5 Å². The predicted octanol–water partition coefficient (Wildman–Crippen LogP) is 1.99. The lowest BCUT2D eigenvalue weighted by atomic mass is 9.97. The lowest BCUT2D eigenvalue weighted by molar-refractivity contribution is 0.574. The lowest BCUT2D eigenvalue weighted by Gasteiger charge is -2.22. The van der Waals surface area contributed by atoms with Crippen LogP contribution in [0.25, 0.3) is 5.57 Å². The van der Waals surface area contributed by atoms with Crippen LogP contribution in [-0.2, 0) is 0 Å². The van der Waals surface area contributed by atoms with Crippen molar-refractivity contribution in [2.75, 3.05) is 0 Å². The topological polar surface area (TPSA) is 24.9 Å². The standard InChI is InChI=1S/C12H14N2/c1-2-9(8-13-7-1)11-5-3-10-4-6-12(11)14-10/h1-2,5,7-8,10,12,14H,3-4,6H2/t10-,12-/m1/s1. The Balaban J connectivity index is 1.96. The fraction of sp³-hybridized carbons (Fsp3) is 0.417. The molecule has 2 bridgehead atoms. The van der Waals surface area contributed by atoms with Crippen LogP contribution in [-0.4, -0.2) is 17.1 Å². The van der Waals surface area contributed by atoms with Crippen LogP contribution in [0.1, 0.15) is 24.8 Å². The average molecular weight is 186 g/mol. The van der Waals surface area contributed by atoms with Gasteiger partial charge in [-0.05, 0) is 36.5 Å². The summed E-state index contributed by atoms with van der Waals surface area (Å²) in [4.78, 5) is 4.17. The van der Waals surface area contributed by atoms with Gasteiger partial charge in [0.1, 0.15) is 0 Å². The molecule has 1 aromatic heterocycles. The summed E-state index contributed by atoms with van der Waals surface area (Å²) in [7, 11) is 0. The van der Waals surface area contributed by atoms with Crippen LogP contribution in [0.2, 0.25) is 0 Å². The highest BCUT2D eigenvalue weighted by Crippen LogP contribution is 2.32. The highest BCUT2D eigenvalue weighted by molar-refractivity contribution is 5.70. The van der Waals surface area contributed by atoms with E-state index in [0.29, 0.717) is 6.04 Å². The van der Waals surface area contributed by atoms with Crippen molar-refractivity contribution < 1.29 is 0 Å². The minimum absolute atomic E-state index is 0.581. The molecule has 0 amide bonds. The van der Waals surface area contributed by atoms with E-state index in [2.05, 4.69) is 22.4 Å². The first-order valence-corrected chi connectivity index (χ1v) is 5.30. The number of nitrogens with zero attached hydrogens (tertiary/aromatic N) is 1. The summed E-state index contributed by atoms with van der Waals surface area (Å²) in [6, 6.07) is 5.48. The van der Waals surface area contributed by atoms with Crippen LogP contribution < -0.4 is 5.32 Å². The summed E-state index contributed by atoms with van der Waals surface area (Å²) < 4.78 is 0. The summed E-state index contributed by atoms with van der Waals surface area (Å²) in [6.45, 7) is 0. The minimum atomic E-state index is 0.581. The third kappa shape index (κ3) is 1.26. The van der Waals surface area contributed by atoms with E-state index in [0.717, 1.165) is 6.04 Å². The van der Waals surface area contributed by atoms with Crippen LogP contribution in [0.15, 0.2) is 30.6 Å². The molecule has 1 saturated heterocycles. The monoisotopic (exact) mass is 186 g/mol. The highest BCUT2D eigenvalue weighted by Gasteiger charge is 2.30. The first-order valence-electron chi connectivity index (χ1n) is 5.30. The van der Waals surface area contributed by atoms with Crippen LogP contribution in [0.4, 0.5) is 0 Å². The van der Waals surface area contributed by atoms with Crippen LogP contribution in [0, 0.1) is 0 Å². The normalized spacial score (nSPS) is 30.1. The van der Waals surface area contributed by atoms with Gasteiger partial charge in [-0.1, -0.05) is 12.1 Å². The molecule has 1 N–H and O–H groups in total. The van der Waals surface area contributed by atoms with Crippen molar-refractivity contribution in [2.45, 2.75) is 31.3 Å². The van der Waals surface area contributed by atoms with E-state index in [4.69, 9.17) is 0 Å². The van der Waals surface area contributed by atoms with Gasteiger partial charge in [0.15, 0.2) is 0 Å². The smallest absolute Gasteiger partial charge is 0.0343 e. The van der Waals surface area contributed by atoms with Crippen molar-refractivity contribution in [3.63, 3.8) is 0 Å². The molecule has 3 rings (SSSR count). The van der Waals surface area contributed by atoms with Gasteiger partial charge in [-0.3, -0.25) is 4.98 Å². The summed E-state index contributed by atoms with van der Waals surface area (Å²) in [5.74, 6) is 0. The molecule has 2 aliphatic heterocycles. The Morgan fingerprint density at radius 1 is 1.36 bits per heavy atom. The molecular weight excluding hydrogens is 172 g/mol. The number of hydrogen-bond donors (Lipinski definition) is 1. The molecule has 2 heteroatoms. The molecule has 72 valence electrons. The Morgan fingerprint density at radius 2 is 2.36 bits per heavy atom. The van der Waals surface area contributed by atoms with Crippen molar-refractivity contribution in [3.8, 4) is 0 Å². The molecule has 2 atom stereocenters. The Morgan fingerprint density at radius 3 is 3.21 bits per heavy atom. The Hall–Kier alpha value is -1.15. The van der Waals surface area contributed by atoms with Gasteiger partial charge in [0, 0.05) is 24.5 Å². The molecule has 3 heterocycles. The fourth-order valence-corrected chi connectivity index (χ4v) is 2.51. The minimum Gasteiger partial charge on any atom is -0.307 e. The van der Waals surface area contributed by atoms with E-state index in [9.17, 15) is 0 Å². The van der Waals surface area contributed by atoms with Gasteiger partial charge in [-0.25, -0.2) is 0 Å². The van der Waals surface area contributed by atoms with Gasteiger partial charge in [-0.15, -0.1) is 0 Å². The van der Waals surface area contributed by atoms with Crippen molar-refractivity contribution in [2.24, 2.45) is 0 Å². The number of hydrogen-bond acceptors (Lipinski definition) is 2. The Bertz CT molecular complexity index is 356. The van der Waals surface area contributed by atoms with Crippen LogP contribution in [0.5, 0.6) is 0 Å². The summed E-state index contributed by atoms with van der Waals surface area (Å²) in [5, 5.41) is 3.64. The van der Waals surface area contributed by atoms with E-state index in [1.165, 1.54) is 30.4 Å². The molecule has 2 nitrogen and oxygen atoms in total. The zero-order valence-corrected chi connectivity index (χ0v) is 8.11. The largest absolute Gasteiger partial charge is 0.307 e. The second kappa shape index (κ2) is 3.21. The number of pyridine rings is 1. The molecule has 1 fully saturated rings. The van der Waals surface area contributed by atoms with Crippen LogP contribution >= 0.6 is 0 Å². The van der Waals surface area contributed by atoms with Gasteiger partial charge in [0.25, 0.3) is 0 Å². The van der Waals surface area contributed by atoms with E-state index < -0.39 is 0 Å². The van der Waals surface area contributed by atoms with Gasteiger partial charge < -0.3 is 5.32 Å². The third-order valence-electron chi connectivity index (χ3n) is 3.23. The number of aromatic nitrogens is 1. The summed E-state index contributed by atoms with van der Waals surface area (Å²) in [5.41, 5.74) is 2.73. The average Bonchev–Trinajstić information content (AvgIpc) is 2.62. The maximum atomic E-state index is 4.17. The van der Waals surface area contributed by atoms with Crippen molar-refractivity contribution in [3.05, 3.63) is 36.2 Å². The molecule has 2 aliphatic rings. The first-order chi connectivity index (χ1) is 6.93. The SMILES string of the molecule is C1=C(c2cccnc2)[C@H]2CC[C@@H](C1)N2. The first kappa shape index (κ1) is 8.18. The van der Waals surface area contributed by atoms with E-state index in [1.54, 1.807) is 0 Å². The third-order valence-corrected chi connectivity index (χ3v) is 3.23. The lowest BCUT2D eigenvalue weighted by Crippen LogP contribution is -2.33. The molecular formula is C12H14N2. The number of nitrogens with one attached hydrogen (secondary N) is 1. The van der Waals surface area contributed by atoms with Gasteiger partial charge in [0.05, 0.1) is 0 Å². The highest BCUT2D eigenvalue weighted by atomic mass is 15.0. The molecule has 0 unspecified atom stereocenters. The fourth-order valence-electron chi connectivity index (χ4n) is 2.51. The molecule has 14 heavy (non-hydrogen) atoms. The van der Waals surface area contributed by atoms with Gasteiger partial charge in [-0.2, -0.15) is 0 Å². The Kier molecular flexibility index (Phi) is 1.88. The van der Waals surface area contributed by atoms with Gasteiger partial charge in [0.2, 0.25) is 0 Å². The quantitative estimate of drug-likeness (QED) is 0.725. The number of rotatable bonds is 1. The zero-order valence-electron chi connectivity index (χ0n) is 8.11. The van der Waals surface area contributed by atoms with Gasteiger partial charge >= 0.3 is 0 Å². The second-order valence-corrected chi connectivity index (χ2v) is 4.13.